The zero-order valence-corrected chi connectivity index (χ0v) is 4.97. The number of likely N-dealkylation sites (N-methyl/N-ethyl adjacent to an activating group) is 1. The van der Waals surface area contributed by atoms with Gasteiger partial charge in [-0.3, -0.25) is 9.63 Å². The molecule has 1 N–H and O–H groups in total. The second-order valence-electron chi connectivity index (χ2n) is 1.58. The molecule has 0 aliphatic rings. The van der Waals surface area contributed by atoms with Crippen LogP contribution in [0.2, 0.25) is 0 Å². The van der Waals surface area contributed by atoms with Crippen molar-refractivity contribution in [3.05, 3.63) is 0 Å². The number of amides is 1. The van der Waals surface area contributed by atoms with E-state index >= 15 is 0 Å². The van der Waals surface area contributed by atoms with E-state index in [0.717, 1.165) is 0 Å². The minimum absolute atomic E-state index is 0.160. The van der Waals surface area contributed by atoms with Crippen molar-refractivity contribution in [3.63, 3.8) is 0 Å². The van der Waals surface area contributed by atoms with Gasteiger partial charge in [-0.1, -0.05) is 0 Å². The lowest BCUT2D eigenvalue weighted by atomic mass is 10.6. The molecule has 0 saturated heterocycles. The van der Waals surface area contributed by atoms with Gasteiger partial charge in [-0.2, -0.15) is 0 Å². The molecular weight excluding hydrogens is 108 g/mol. The first kappa shape index (κ1) is 7.39. The van der Waals surface area contributed by atoms with Crippen LogP contribution < -0.4 is 5.90 Å². The lowest BCUT2D eigenvalue weighted by Gasteiger charge is -2.06. The van der Waals surface area contributed by atoms with E-state index in [0.29, 0.717) is 0 Å². The fraction of sp³-hybridized carbons (Fsp3) is 0.750. The molecule has 1 radical (unpaired) electrons. The summed E-state index contributed by atoms with van der Waals surface area (Å²) >= 11 is 0. The summed E-state index contributed by atoms with van der Waals surface area (Å²) in [5, 5.41) is 0. The predicted molar refractivity (Wildman–Crippen MR) is 27.7 cm³/mol. The molecule has 0 bridgehead atoms. The van der Waals surface area contributed by atoms with Gasteiger partial charge in [-0.25, -0.2) is 0 Å². The largest absolute Gasteiger partial charge is 0.347 e. The molecule has 0 aromatic heterocycles. The Kier molecular flexibility index (Phi) is 3.14. The Bertz CT molecular complexity index is 82.1. The maximum absolute atomic E-state index is 10.4. The Morgan fingerprint density at radius 2 is 2.25 bits per heavy atom. The topological polar surface area (TPSA) is 53.3 Å². The van der Waals surface area contributed by atoms with E-state index in [-0.39, 0.29) is 12.5 Å². The number of carbonyl (C=O) groups is 1. The average Bonchev–Trinajstić information content (AvgIpc) is 1.67. The molecule has 0 fully saturated rings. The van der Waals surface area contributed by atoms with Gasteiger partial charge in [0.05, 0.1) is 0 Å². The van der Waals surface area contributed by atoms with E-state index in [1.54, 1.807) is 14.1 Å². The Labute approximate surface area is 48.2 Å². The highest BCUT2D eigenvalue weighted by Crippen LogP contribution is 1.76. The quantitative estimate of drug-likeness (QED) is 0.448. The summed E-state index contributed by atoms with van der Waals surface area (Å²) in [6, 6.07) is 0. The predicted octanol–water partition coefficient (Wildman–Crippen LogP) is -0.711. The van der Waals surface area contributed by atoms with Crippen molar-refractivity contribution in [1.29, 1.82) is 0 Å². The van der Waals surface area contributed by atoms with Gasteiger partial charge in [0.2, 0.25) is 5.91 Å². The lowest BCUT2D eigenvalue weighted by Crippen LogP contribution is -2.25. The van der Waals surface area contributed by atoms with Crippen LogP contribution in [0, 0.1) is 0 Å². The number of hydrogen-bond donors (Lipinski definition) is 0. The maximum atomic E-state index is 10.4. The Morgan fingerprint density at radius 3 is 2.38 bits per heavy atom. The number of rotatable bonds is 2. The highest BCUT2D eigenvalue weighted by atomic mass is 16.6. The van der Waals surface area contributed by atoms with Crippen molar-refractivity contribution >= 4 is 5.91 Å². The minimum Gasteiger partial charge on any atom is -0.347 e. The van der Waals surface area contributed by atoms with Crippen LogP contribution in [0.5, 0.6) is 0 Å². The van der Waals surface area contributed by atoms with Gasteiger partial charge < -0.3 is 4.90 Å². The van der Waals surface area contributed by atoms with Crippen molar-refractivity contribution < 1.29 is 9.63 Å². The summed E-state index contributed by atoms with van der Waals surface area (Å²) in [6.07, 6.45) is 0. The van der Waals surface area contributed by atoms with Crippen LogP contribution in [0.25, 0.3) is 0 Å². The van der Waals surface area contributed by atoms with E-state index in [9.17, 15) is 4.79 Å². The summed E-state index contributed by atoms with van der Waals surface area (Å²) in [4.78, 5) is 15.6. The van der Waals surface area contributed by atoms with Gasteiger partial charge in [-0.05, 0) is 0 Å². The van der Waals surface area contributed by atoms with Crippen LogP contribution in [-0.2, 0) is 9.63 Å². The molecule has 47 valence electrons. The molecule has 0 aliphatic carbocycles. The first-order valence-electron chi connectivity index (χ1n) is 2.17. The molecule has 0 saturated carbocycles. The molecule has 0 aromatic rings. The zero-order valence-electron chi connectivity index (χ0n) is 4.97. The molecule has 0 unspecified atom stereocenters. The van der Waals surface area contributed by atoms with Gasteiger partial charge in [-0.15, -0.1) is 5.90 Å². The third kappa shape index (κ3) is 2.54. The van der Waals surface area contributed by atoms with Crippen molar-refractivity contribution in [2.24, 2.45) is 0 Å². The van der Waals surface area contributed by atoms with E-state index in [1.807, 2.05) is 0 Å². The van der Waals surface area contributed by atoms with Crippen LogP contribution in [0.4, 0.5) is 0 Å². The van der Waals surface area contributed by atoms with E-state index in [2.05, 4.69) is 4.84 Å². The Morgan fingerprint density at radius 1 is 1.75 bits per heavy atom. The fourth-order valence-electron chi connectivity index (χ4n) is 0.191. The van der Waals surface area contributed by atoms with Gasteiger partial charge in [0.25, 0.3) is 0 Å². The molecule has 0 spiro atoms. The normalized spacial score (nSPS) is 8.88. The third-order valence-electron chi connectivity index (χ3n) is 0.694. The molecule has 0 heterocycles. The molecule has 1 amide bonds. The van der Waals surface area contributed by atoms with Crippen LogP contribution in [0.1, 0.15) is 0 Å². The molecular formula is C4H9N2O2. The smallest absolute Gasteiger partial charge is 0.250 e. The fourth-order valence-corrected chi connectivity index (χ4v) is 0.191. The average molecular weight is 117 g/mol. The van der Waals surface area contributed by atoms with Gasteiger partial charge in [0, 0.05) is 14.1 Å². The van der Waals surface area contributed by atoms with E-state index in [4.69, 9.17) is 5.90 Å². The van der Waals surface area contributed by atoms with Crippen LogP contribution in [-0.4, -0.2) is 31.5 Å². The first-order chi connectivity index (χ1) is 3.68. The van der Waals surface area contributed by atoms with Crippen molar-refractivity contribution in [3.8, 4) is 0 Å². The van der Waals surface area contributed by atoms with Crippen molar-refractivity contribution in [2.75, 3.05) is 20.7 Å². The number of nitrogens with zero attached hydrogens (tertiary/aromatic N) is 1. The third-order valence-corrected chi connectivity index (χ3v) is 0.694. The minimum atomic E-state index is -0.194. The highest BCUT2D eigenvalue weighted by molar-refractivity contribution is 5.76. The molecule has 0 rings (SSSR count). The first-order valence-corrected chi connectivity index (χ1v) is 2.17. The van der Waals surface area contributed by atoms with Crippen LogP contribution >= 0.6 is 0 Å². The van der Waals surface area contributed by atoms with Gasteiger partial charge in [0.1, 0.15) is 6.61 Å². The molecule has 4 heteroatoms. The second kappa shape index (κ2) is 3.40. The lowest BCUT2D eigenvalue weighted by molar-refractivity contribution is -0.134. The molecule has 0 aliphatic heterocycles. The highest BCUT2D eigenvalue weighted by Gasteiger charge is 2.00. The summed E-state index contributed by atoms with van der Waals surface area (Å²) in [5.41, 5.74) is 0. The number of hydrogen-bond acceptors (Lipinski definition) is 2. The van der Waals surface area contributed by atoms with Crippen LogP contribution in [0.15, 0.2) is 0 Å². The van der Waals surface area contributed by atoms with Gasteiger partial charge in [0.15, 0.2) is 0 Å². The summed E-state index contributed by atoms with van der Waals surface area (Å²) in [6.45, 7) is -0.160. The van der Waals surface area contributed by atoms with Crippen molar-refractivity contribution in [1.82, 2.24) is 10.8 Å². The van der Waals surface area contributed by atoms with Crippen LogP contribution in [0.3, 0.4) is 0 Å². The number of carbonyl (C=O) groups excluding carboxylic acids is 1. The Balaban J connectivity index is 3.33. The molecule has 4 nitrogen and oxygen atoms in total. The molecule has 0 atom stereocenters. The molecule has 0 aromatic carbocycles. The summed E-state index contributed by atoms with van der Waals surface area (Å²) in [5.74, 6) is 5.98. The summed E-state index contributed by atoms with van der Waals surface area (Å²) < 4.78 is 0. The monoisotopic (exact) mass is 117 g/mol. The SMILES string of the molecule is CN(C)C(=O)CO[NH]. The van der Waals surface area contributed by atoms with Crippen molar-refractivity contribution in [2.45, 2.75) is 0 Å². The maximum Gasteiger partial charge on any atom is 0.250 e. The Hall–Kier alpha value is -0.610. The van der Waals surface area contributed by atoms with E-state index in [1.165, 1.54) is 4.90 Å². The second-order valence-corrected chi connectivity index (χ2v) is 1.58. The number of nitrogens with one attached hydrogen (secondary N) is 1. The molecule has 8 heavy (non-hydrogen) atoms. The standard InChI is InChI=1S/C4H9N2O2/c1-6(2)4(7)3-8-5/h5H,3H2,1-2H3. The van der Waals surface area contributed by atoms with E-state index < -0.39 is 0 Å². The van der Waals surface area contributed by atoms with Gasteiger partial charge >= 0.3 is 0 Å². The summed E-state index contributed by atoms with van der Waals surface area (Å²) in [7, 11) is 3.22. The zero-order chi connectivity index (χ0) is 6.57.